The molecule has 0 saturated carbocycles. The van der Waals surface area contributed by atoms with Gasteiger partial charge in [-0.2, -0.15) is 13.2 Å². The number of fused-ring (bicyclic) bond motifs is 3. The van der Waals surface area contributed by atoms with E-state index < -0.39 is 12.7 Å². The van der Waals surface area contributed by atoms with Crippen LogP contribution in [-0.2, 0) is 0 Å². The lowest BCUT2D eigenvalue weighted by Gasteiger charge is -2.50. The molecule has 2 nitrogen and oxygen atoms in total. The van der Waals surface area contributed by atoms with Gasteiger partial charge in [-0.3, -0.25) is 4.90 Å². The van der Waals surface area contributed by atoms with Crippen LogP contribution in [0.1, 0.15) is 0 Å². The summed E-state index contributed by atoms with van der Waals surface area (Å²) in [5.74, 6) is 0. The Hall–Kier alpha value is -0.290. The lowest BCUT2D eigenvalue weighted by molar-refractivity contribution is -0.949. The average Bonchev–Trinajstić information content (AvgIpc) is 2.03. The molecule has 2 bridgehead atoms. The van der Waals surface area contributed by atoms with Crippen molar-refractivity contribution in [1.29, 1.82) is 0 Å². The summed E-state index contributed by atoms with van der Waals surface area (Å²) in [6.07, 6.45) is -4.00. The number of rotatable bonds is 1. The van der Waals surface area contributed by atoms with Crippen LogP contribution in [0.25, 0.3) is 0 Å². The van der Waals surface area contributed by atoms with Crippen LogP contribution in [0.5, 0.6) is 0 Å². The topological polar surface area (TPSA) is 3.24 Å². The van der Waals surface area contributed by atoms with E-state index in [1.165, 1.54) is 0 Å². The van der Waals surface area contributed by atoms with Gasteiger partial charge >= 0.3 is 6.18 Å². The Bertz CT molecular complexity index is 180. The van der Waals surface area contributed by atoms with Gasteiger partial charge in [-0.1, -0.05) is 0 Å². The number of piperazine rings is 3. The van der Waals surface area contributed by atoms with Crippen molar-refractivity contribution in [2.45, 2.75) is 6.18 Å². The number of halogens is 3. The Balaban J connectivity index is 2.03. The zero-order valence-corrected chi connectivity index (χ0v) is 7.48. The van der Waals surface area contributed by atoms with E-state index in [-0.39, 0.29) is 4.48 Å². The van der Waals surface area contributed by atoms with Crippen molar-refractivity contribution < 1.29 is 17.7 Å². The Morgan fingerprint density at radius 3 is 1.85 bits per heavy atom. The lowest BCUT2D eigenvalue weighted by atomic mass is 10.1. The van der Waals surface area contributed by atoms with Crippen LogP contribution >= 0.6 is 0 Å². The lowest BCUT2D eigenvalue weighted by Crippen LogP contribution is -2.69. The average molecular weight is 195 g/mol. The second kappa shape index (κ2) is 2.85. The summed E-state index contributed by atoms with van der Waals surface area (Å²) in [5, 5.41) is 0. The van der Waals surface area contributed by atoms with Gasteiger partial charge in [-0.25, -0.2) is 0 Å². The molecule has 3 aliphatic heterocycles. The smallest absolute Gasteiger partial charge is 0.313 e. The van der Waals surface area contributed by atoms with Gasteiger partial charge in [0.1, 0.15) is 0 Å². The predicted octanol–water partition coefficient (Wildman–Crippen LogP) is 0.695. The second-order valence-corrected chi connectivity index (χ2v) is 4.13. The van der Waals surface area contributed by atoms with Gasteiger partial charge in [0, 0.05) is 19.6 Å². The number of hydrogen-bond donors (Lipinski definition) is 0. The predicted molar refractivity (Wildman–Crippen MR) is 42.2 cm³/mol. The highest BCUT2D eigenvalue weighted by Crippen LogP contribution is 2.26. The largest absolute Gasteiger partial charge is 0.438 e. The molecule has 3 heterocycles. The van der Waals surface area contributed by atoms with Gasteiger partial charge in [0.25, 0.3) is 0 Å². The Morgan fingerprint density at radius 2 is 1.46 bits per heavy atom. The summed E-state index contributed by atoms with van der Waals surface area (Å²) < 4.78 is 37.1. The molecule has 0 aromatic carbocycles. The van der Waals surface area contributed by atoms with Crippen molar-refractivity contribution in [2.24, 2.45) is 0 Å². The van der Waals surface area contributed by atoms with Crippen LogP contribution in [0.15, 0.2) is 0 Å². The van der Waals surface area contributed by atoms with E-state index in [0.29, 0.717) is 19.6 Å². The molecular weight excluding hydrogens is 181 g/mol. The van der Waals surface area contributed by atoms with Gasteiger partial charge < -0.3 is 4.48 Å². The van der Waals surface area contributed by atoms with E-state index in [4.69, 9.17) is 0 Å². The Kier molecular flexibility index (Phi) is 2.03. The molecule has 0 radical (unpaired) electrons. The van der Waals surface area contributed by atoms with Crippen LogP contribution < -0.4 is 0 Å². The molecule has 76 valence electrons. The molecule has 0 aromatic heterocycles. The fourth-order valence-corrected chi connectivity index (χ4v) is 2.35. The fourth-order valence-electron chi connectivity index (χ4n) is 2.35. The van der Waals surface area contributed by atoms with Crippen LogP contribution in [0, 0.1) is 0 Å². The molecular formula is C8H14F3N2+. The first-order chi connectivity index (χ1) is 5.99. The third kappa shape index (κ3) is 1.96. The molecule has 3 rings (SSSR count). The molecule has 0 spiro atoms. The number of alkyl halides is 3. The van der Waals surface area contributed by atoms with E-state index in [1.807, 2.05) is 0 Å². The van der Waals surface area contributed by atoms with E-state index in [9.17, 15) is 13.2 Å². The van der Waals surface area contributed by atoms with Crippen molar-refractivity contribution in [3.8, 4) is 0 Å². The fraction of sp³-hybridized carbons (Fsp3) is 1.00. The van der Waals surface area contributed by atoms with E-state index in [0.717, 1.165) is 19.6 Å². The molecule has 0 amide bonds. The number of hydrogen-bond acceptors (Lipinski definition) is 1. The van der Waals surface area contributed by atoms with Crippen molar-refractivity contribution in [3.05, 3.63) is 0 Å². The molecule has 0 aliphatic carbocycles. The minimum atomic E-state index is -4.00. The first-order valence-corrected chi connectivity index (χ1v) is 4.63. The molecule has 0 aromatic rings. The highest BCUT2D eigenvalue weighted by molar-refractivity contribution is 4.71. The van der Waals surface area contributed by atoms with E-state index in [2.05, 4.69) is 4.90 Å². The molecule has 0 unspecified atom stereocenters. The summed E-state index contributed by atoms with van der Waals surface area (Å²) in [6, 6.07) is 0. The van der Waals surface area contributed by atoms with E-state index in [1.54, 1.807) is 0 Å². The van der Waals surface area contributed by atoms with Crippen molar-refractivity contribution in [3.63, 3.8) is 0 Å². The summed E-state index contributed by atoms with van der Waals surface area (Å²) in [4.78, 5) is 2.25. The molecule has 0 N–H and O–H groups in total. The standard InChI is InChI=1S/C8H14F3N2/c9-8(10,11)7-13-4-1-12(2-5-13)3-6-13/h1-7H2/q+1. The SMILES string of the molecule is FC(F)(F)C[N+]12CCN(CC1)CC2. The number of quaternary nitrogens is 1. The monoisotopic (exact) mass is 195 g/mol. The maximum atomic E-state index is 12.3. The zero-order chi connectivity index (χ0) is 9.53. The van der Waals surface area contributed by atoms with Gasteiger partial charge in [-0.05, 0) is 0 Å². The normalized spacial score (nSPS) is 39.5. The first-order valence-electron chi connectivity index (χ1n) is 4.63. The van der Waals surface area contributed by atoms with Crippen LogP contribution in [0.2, 0.25) is 0 Å². The van der Waals surface area contributed by atoms with Gasteiger partial charge in [0.05, 0.1) is 19.6 Å². The maximum absolute atomic E-state index is 12.3. The summed E-state index contributed by atoms with van der Waals surface area (Å²) in [7, 11) is 0. The molecule has 3 fully saturated rings. The highest BCUT2D eigenvalue weighted by atomic mass is 19.4. The van der Waals surface area contributed by atoms with Gasteiger partial charge in [0.15, 0.2) is 6.54 Å². The van der Waals surface area contributed by atoms with E-state index >= 15 is 0 Å². The minimum Gasteiger partial charge on any atom is -0.313 e. The van der Waals surface area contributed by atoms with Crippen molar-refractivity contribution in [2.75, 3.05) is 45.8 Å². The van der Waals surface area contributed by atoms with Gasteiger partial charge in [0.2, 0.25) is 0 Å². The first kappa shape index (κ1) is 9.27. The van der Waals surface area contributed by atoms with Crippen LogP contribution in [-0.4, -0.2) is 61.4 Å². The number of nitrogens with zero attached hydrogens (tertiary/aromatic N) is 2. The maximum Gasteiger partial charge on any atom is 0.438 e. The Labute approximate surface area is 75.5 Å². The third-order valence-corrected chi connectivity index (χ3v) is 3.19. The van der Waals surface area contributed by atoms with Crippen LogP contribution in [0.4, 0.5) is 13.2 Å². The molecule has 3 saturated heterocycles. The Morgan fingerprint density at radius 1 is 1.00 bits per heavy atom. The van der Waals surface area contributed by atoms with Crippen LogP contribution in [0.3, 0.4) is 0 Å². The molecule has 3 aliphatic rings. The quantitative estimate of drug-likeness (QED) is 0.556. The molecule has 13 heavy (non-hydrogen) atoms. The minimum absolute atomic E-state index is 0.278. The van der Waals surface area contributed by atoms with Gasteiger partial charge in [-0.15, -0.1) is 0 Å². The molecule has 5 heteroatoms. The second-order valence-electron chi connectivity index (χ2n) is 4.13. The third-order valence-electron chi connectivity index (χ3n) is 3.19. The zero-order valence-electron chi connectivity index (χ0n) is 7.48. The van der Waals surface area contributed by atoms with Crippen molar-refractivity contribution in [1.82, 2.24) is 4.90 Å². The summed E-state index contributed by atoms with van der Waals surface area (Å²) in [5.41, 5.74) is 0. The van der Waals surface area contributed by atoms with Crippen molar-refractivity contribution >= 4 is 0 Å². The summed E-state index contributed by atoms with van der Waals surface area (Å²) >= 11 is 0. The summed E-state index contributed by atoms with van der Waals surface area (Å²) in [6.45, 7) is 3.95. The molecule has 0 atom stereocenters. The highest BCUT2D eigenvalue weighted by Gasteiger charge is 2.46.